The van der Waals surface area contributed by atoms with Crippen LogP contribution in [0.15, 0.2) is 53.7 Å². The van der Waals surface area contributed by atoms with Crippen molar-refractivity contribution in [3.05, 3.63) is 85.5 Å². The van der Waals surface area contributed by atoms with E-state index in [1.165, 1.54) is 0 Å². The highest BCUT2D eigenvalue weighted by atomic mass is 35.5. The molecular formula is C25H18Cl3N5O. The van der Waals surface area contributed by atoms with Gasteiger partial charge in [-0.25, -0.2) is 4.98 Å². The maximum atomic E-state index is 13.4. The minimum atomic E-state index is -0.573. The first-order valence-electron chi connectivity index (χ1n) is 10.6. The van der Waals surface area contributed by atoms with Crippen molar-refractivity contribution in [2.24, 2.45) is 0 Å². The molecule has 0 spiro atoms. The van der Waals surface area contributed by atoms with E-state index >= 15 is 0 Å². The third-order valence-corrected chi connectivity index (χ3v) is 7.24. The van der Waals surface area contributed by atoms with Gasteiger partial charge in [-0.2, -0.15) is 5.26 Å². The number of carbonyl (C=O) groups is 1. The largest absolute Gasteiger partial charge is 0.397 e. The van der Waals surface area contributed by atoms with Gasteiger partial charge in [0, 0.05) is 39.9 Å². The second kappa shape index (κ2) is 8.52. The number of fused-ring (bicyclic) bond motifs is 1. The summed E-state index contributed by atoms with van der Waals surface area (Å²) in [5.41, 5.74) is 16.4. The highest BCUT2D eigenvalue weighted by molar-refractivity contribution is 6.42. The Bertz CT molecular complexity index is 1430. The minimum Gasteiger partial charge on any atom is -0.397 e. The molecule has 1 aliphatic carbocycles. The van der Waals surface area contributed by atoms with Crippen LogP contribution in [0.5, 0.6) is 0 Å². The van der Waals surface area contributed by atoms with Crippen LogP contribution < -0.4 is 16.4 Å². The SMILES string of the molecule is N#Cc1c(N)nc2c(c1N)C(c1ccc(Cl)c(Cl)c1)C1=C(CCCC1=O)N2c1ccc(Cl)cc1. The Labute approximate surface area is 211 Å². The predicted octanol–water partition coefficient (Wildman–Crippen LogP) is 6.37. The topological polar surface area (TPSA) is 109 Å². The summed E-state index contributed by atoms with van der Waals surface area (Å²) in [6, 6.07) is 14.5. The van der Waals surface area contributed by atoms with E-state index in [0.717, 1.165) is 16.9 Å². The van der Waals surface area contributed by atoms with Crippen LogP contribution in [0, 0.1) is 11.3 Å². The number of nitrogens with two attached hydrogens (primary N) is 2. The van der Waals surface area contributed by atoms with Crippen molar-refractivity contribution in [2.75, 3.05) is 16.4 Å². The van der Waals surface area contributed by atoms with E-state index in [-0.39, 0.29) is 22.9 Å². The molecule has 5 rings (SSSR count). The highest BCUT2D eigenvalue weighted by Crippen LogP contribution is 2.53. The van der Waals surface area contributed by atoms with Crippen LogP contribution in [-0.2, 0) is 4.79 Å². The van der Waals surface area contributed by atoms with E-state index in [4.69, 9.17) is 46.3 Å². The van der Waals surface area contributed by atoms with Gasteiger partial charge in [0.15, 0.2) is 5.78 Å². The molecule has 0 fully saturated rings. The Hall–Kier alpha value is -3.24. The number of pyridine rings is 1. The van der Waals surface area contributed by atoms with E-state index < -0.39 is 5.92 Å². The number of carbonyl (C=O) groups excluding carboxylic acids is 1. The first kappa shape index (κ1) is 22.5. The van der Waals surface area contributed by atoms with Crippen molar-refractivity contribution in [1.82, 2.24) is 4.98 Å². The normalized spacial score (nSPS) is 17.3. The number of nitriles is 1. The number of allylic oxidation sites excluding steroid dienone is 2. The van der Waals surface area contributed by atoms with Crippen molar-refractivity contribution in [1.29, 1.82) is 5.26 Å². The van der Waals surface area contributed by atoms with Gasteiger partial charge in [-0.3, -0.25) is 9.69 Å². The Morgan fingerprint density at radius 3 is 2.44 bits per heavy atom. The number of rotatable bonds is 2. The van der Waals surface area contributed by atoms with Gasteiger partial charge in [0.1, 0.15) is 23.3 Å². The number of benzene rings is 2. The van der Waals surface area contributed by atoms with Crippen LogP contribution in [0.3, 0.4) is 0 Å². The van der Waals surface area contributed by atoms with Crippen LogP contribution in [0.25, 0.3) is 0 Å². The zero-order valence-electron chi connectivity index (χ0n) is 17.8. The summed E-state index contributed by atoms with van der Waals surface area (Å²) in [6.07, 6.45) is 1.77. The zero-order valence-corrected chi connectivity index (χ0v) is 20.0. The fourth-order valence-electron chi connectivity index (χ4n) is 4.77. The van der Waals surface area contributed by atoms with Gasteiger partial charge < -0.3 is 11.5 Å². The van der Waals surface area contributed by atoms with Gasteiger partial charge in [0.05, 0.1) is 15.7 Å². The lowest BCUT2D eigenvalue weighted by atomic mass is 9.74. The van der Waals surface area contributed by atoms with E-state index in [1.807, 2.05) is 23.1 Å². The van der Waals surface area contributed by atoms with E-state index in [2.05, 4.69) is 11.1 Å². The number of hydrogen-bond donors (Lipinski definition) is 2. The third kappa shape index (κ3) is 3.48. The Balaban J connectivity index is 1.89. The quantitative estimate of drug-likeness (QED) is 0.415. The molecule has 1 aromatic heterocycles. The predicted molar refractivity (Wildman–Crippen MR) is 136 cm³/mol. The molecule has 0 amide bonds. The lowest BCUT2D eigenvalue weighted by Crippen LogP contribution is -2.34. The molecule has 4 N–H and O–H groups in total. The molecule has 1 unspecified atom stereocenters. The molecule has 1 atom stereocenters. The molecule has 34 heavy (non-hydrogen) atoms. The number of aromatic nitrogens is 1. The molecule has 0 bridgehead atoms. The first-order valence-corrected chi connectivity index (χ1v) is 11.7. The molecule has 1 aliphatic heterocycles. The number of Topliss-reactive ketones (excluding diaryl/α,β-unsaturated/α-hetero) is 1. The number of nitrogens with zero attached hydrogens (tertiary/aromatic N) is 3. The maximum Gasteiger partial charge on any atom is 0.161 e. The highest BCUT2D eigenvalue weighted by Gasteiger charge is 2.42. The van der Waals surface area contributed by atoms with Crippen LogP contribution in [0.1, 0.15) is 41.9 Å². The maximum absolute atomic E-state index is 13.4. The zero-order chi connectivity index (χ0) is 24.1. The summed E-state index contributed by atoms with van der Waals surface area (Å²) in [4.78, 5) is 19.9. The molecule has 9 heteroatoms. The van der Waals surface area contributed by atoms with Crippen molar-refractivity contribution < 1.29 is 4.79 Å². The monoisotopic (exact) mass is 509 g/mol. The Morgan fingerprint density at radius 2 is 1.76 bits per heavy atom. The lowest BCUT2D eigenvalue weighted by molar-refractivity contribution is -0.116. The van der Waals surface area contributed by atoms with Crippen molar-refractivity contribution in [2.45, 2.75) is 25.2 Å². The smallest absolute Gasteiger partial charge is 0.161 e. The van der Waals surface area contributed by atoms with E-state index in [0.29, 0.717) is 51.3 Å². The van der Waals surface area contributed by atoms with Gasteiger partial charge >= 0.3 is 0 Å². The van der Waals surface area contributed by atoms with E-state index in [9.17, 15) is 10.1 Å². The van der Waals surface area contributed by atoms with Gasteiger partial charge in [-0.05, 0) is 54.8 Å². The van der Waals surface area contributed by atoms with Crippen LogP contribution in [0.4, 0.5) is 23.0 Å². The molecule has 6 nitrogen and oxygen atoms in total. The molecule has 170 valence electrons. The summed E-state index contributed by atoms with van der Waals surface area (Å²) in [5, 5.41) is 11.1. The Kier molecular flexibility index (Phi) is 5.65. The number of halogens is 3. The van der Waals surface area contributed by atoms with Gasteiger partial charge in [0.25, 0.3) is 0 Å². The summed E-state index contributed by atoms with van der Waals surface area (Å²) in [5.74, 6) is -0.0642. The van der Waals surface area contributed by atoms with Crippen LogP contribution in [0.2, 0.25) is 15.1 Å². The molecule has 0 saturated heterocycles. The second-order valence-electron chi connectivity index (χ2n) is 8.19. The molecule has 2 aromatic carbocycles. The van der Waals surface area contributed by atoms with Gasteiger partial charge in [0.2, 0.25) is 0 Å². The fourth-order valence-corrected chi connectivity index (χ4v) is 5.20. The summed E-state index contributed by atoms with van der Waals surface area (Å²) >= 11 is 18.7. The minimum absolute atomic E-state index is 0.0108. The van der Waals surface area contributed by atoms with E-state index in [1.54, 1.807) is 24.3 Å². The number of nitrogen functional groups attached to an aromatic ring is 2. The van der Waals surface area contributed by atoms with Crippen molar-refractivity contribution in [3.63, 3.8) is 0 Å². The fraction of sp³-hybridized carbons (Fsp3) is 0.160. The summed E-state index contributed by atoms with van der Waals surface area (Å²) in [6.45, 7) is 0. The van der Waals surface area contributed by atoms with Crippen LogP contribution >= 0.6 is 34.8 Å². The summed E-state index contributed by atoms with van der Waals surface area (Å²) in [7, 11) is 0. The van der Waals surface area contributed by atoms with Crippen molar-refractivity contribution >= 4 is 63.6 Å². The van der Waals surface area contributed by atoms with Gasteiger partial charge in [-0.15, -0.1) is 0 Å². The first-order chi connectivity index (χ1) is 16.3. The lowest BCUT2D eigenvalue weighted by Gasteiger charge is -2.41. The molecular weight excluding hydrogens is 493 g/mol. The molecule has 0 radical (unpaired) electrons. The van der Waals surface area contributed by atoms with Crippen molar-refractivity contribution in [3.8, 4) is 6.07 Å². The average Bonchev–Trinajstić information content (AvgIpc) is 2.81. The van der Waals surface area contributed by atoms with Crippen LogP contribution in [-0.4, -0.2) is 10.8 Å². The third-order valence-electron chi connectivity index (χ3n) is 6.24. The number of ketones is 1. The number of hydrogen-bond acceptors (Lipinski definition) is 6. The second-order valence-corrected chi connectivity index (χ2v) is 9.44. The summed E-state index contributed by atoms with van der Waals surface area (Å²) < 4.78 is 0. The molecule has 2 aliphatic rings. The molecule has 3 aromatic rings. The standard InChI is InChI=1S/C25H18Cl3N5O/c26-13-5-7-14(8-6-13)33-18-2-1-3-19(34)21(18)20(12-4-9-16(27)17(28)10-12)22-23(30)15(11-29)24(31)32-25(22)33/h4-10,20H,1-3H2,(H4,30,31,32). The average molecular weight is 511 g/mol. The van der Waals surface area contributed by atoms with Gasteiger partial charge in [-0.1, -0.05) is 40.9 Å². The Morgan fingerprint density at radius 1 is 1.03 bits per heavy atom. The number of anilines is 4. The molecule has 2 heterocycles. The molecule has 0 saturated carbocycles.